The third-order valence-corrected chi connectivity index (χ3v) is 5.73. The SMILES string of the molecule is C[C@@H](SCc1ccccc1)C(=O)Nc1ccccc1C(=O)N1CCCC1. The molecule has 1 fully saturated rings. The Morgan fingerprint density at radius 3 is 2.42 bits per heavy atom. The number of hydrogen-bond acceptors (Lipinski definition) is 3. The van der Waals surface area contributed by atoms with Crippen LogP contribution in [-0.2, 0) is 10.5 Å². The molecule has 0 aliphatic carbocycles. The number of para-hydroxylation sites is 1. The first-order valence-electron chi connectivity index (χ1n) is 9.00. The minimum atomic E-state index is -0.204. The van der Waals surface area contributed by atoms with Gasteiger partial charge in [-0.15, -0.1) is 11.8 Å². The average molecular weight is 369 g/mol. The zero-order chi connectivity index (χ0) is 18.4. The van der Waals surface area contributed by atoms with Crippen molar-refractivity contribution < 1.29 is 9.59 Å². The van der Waals surface area contributed by atoms with Crippen LogP contribution in [0.3, 0.4) is 0 Å². The maximum absolute atomic E-state index is 12.7. The fraction of sp³-hybridized carbons (Fsp3) is 0.333. The quantitative estimate of drug-likeness (QED) is 0.832. The van der Waals surface area contributed by atoms with E-state index in [2.05, 4.69) is 17.4 Å². The number of benzene rings is 2. The fourth-order valence-electron chi connectivity index (χ4n) is 2.97. The molecule has 4 nitrogen and oxygen atoms in total. The highest BCUT2D eigenvalue weighted by molar-refractivity contribution is 7.99. The summed E-state index contributed by atoms with van der Waals surface area (Å²) in [6.07, 6.45) is 2.10. The van der Waals surface area contributed by atoms with Crippen LogP contribution in [-0.4, -0.2) is 35.1 Å². The van der Waals surface area contributed by atoms with E-state index in [0.29, 0.717) is 11.3 Å². The number of nitrogens with zero attached hydrogens (tertiary/aromatic N) is 1. The summed E-state index contributed by atoms with van der Waals surface area (Å²) in [7, 11) is 0. The van der Waals surface area contributed by atoms with E-state index in [9.17, 15) is 9.59 Å². The molecular formula is C21H24N2O2S. The zero-order valence-electron chi connectivity index (χ0n) is 15.0. The summed E-state index contributed by atoms with van der Waals surface area (Å²) in [6, 6.07) is 17.4. The largest absolute Gasteiger partial charge is 0.339 e. The lowest BCUT2D eigenvalue weighted by Gasteiger charge is -2.19. The highest BCUT2D eigenvalue weighted by atomic mass is 32.2. The van der Waals surface area contributed by atoms with Crippen molar-refractivity contribution in [2.75, 3.05) is 18.4 Å². The van der Waals surface area contributed by atoms with Crippen LogP contribution in [0.15, 0.2) is 54.6 Å². The van der Waals surface area contributed by atoms with Gasteiger partial charge in [0.2, 0.25) is 5.91 Å². The van der Waals surface area contributed by atoms with Crippen molar-refractivity contribution in [3.8, 4) is 0 Å². The number of anilines is 1. The second-order valence-electron chi connectivity index (χ2n) is 6.47. The summed E-state index contributed by atoms with van der Waals surface area (Å²) >= 11 is 1.59. The summed E-state index contributed by atoms with van der Waals surface area (Å²) in [5, 5.41) is 2.74. The minimum Gasteiger partial charge on any atom is -0.339 e. The Hall–Kier alpha value is -2.27. The van der Waals surface area contributed by atoms with E-state index in [1.54, 1.807) is 23.9 Å². The van der Waals surface area contributed by atoms with Gasteiger partial charge < -0.3 is 10.2 Å². The standard InChI is InChI=1S/C21H24N2O2S/c1-16(26-15-17-9-3-2-4-10-17)20(24)22-19-12-6-5-11-18(19)21(25)23-13-7-8-14-23/h2-6,9-12,16H,7-8,13-15H2,1H3,(H,22,24)/t16-/m1/s1. The van der Waals surface area contributed by atoms with E-state index < -0.39 is 0 Å². The predicted molar refractivity (Wildman–Crippen MR) is 107 cm³/mol. The van der Waals surface area contributed by atoms with Crippen molar-refractivity contribution in [1.82, 2.24) is 4.90 Å². The smallest absolute Gasteiger partial charge is 0.255 e. The Bertz CT molecular complexity index is 758. The molecule has 0 aromatic heterocycles. The summed E-state index contributed by atoms with van der Waals surface area (Å²) in [5.41, 5.74) is 2.37. The van der Waals surface area contributed by atoms with Gasteiger partial charge in [0.25, 0.3) is 5.91 Å². The summed E-state index contributed by atoms with van der Waals surface area (Å²) < 4.78 is 0. The van der Waals surface area contributed by atoms with Crippen LogP contribution < -0.4 is 5.32 Å². The number of thioether (sulfide) groups is 1. The van der Waals surface area contributed by atoms with Crippen molar-refractivity contribution in [1.29, 1.82) is 0 Å². The molecule has 0 unspecified atom stereocenters. The average Bonchev–Trinajstić information content (AvgIpc) is 3.21. The monoisotopic (exact) mass is 368 g/mol. The van der Waals surface area contributed by atoms with E-state index in [4.69, 9.17) is 0 Å². The molecule has 1 aliphatic heterocycles. The molecule has 1 saturated heterocycles. The number of rotatable bonds is 6. The molecule has 0 bridgehead atoms. The van der Waals surface area contributed by atoms with Gasteiger partial charge in [0.05, 0.1) is 16.5 Å². The fourth-order valence-corrected chi connectivity index (χ4v) is 3.82. The summed E-state index contributed by atoms with van der Waals surface area (Å²) in [5.74, 6) is 0.708. The lowest BCUT2D eigenvalue weighted by molar-refractivity contribution is -0.115. The number of amides is 2. The lowest BCUT2D eigenvalue weighted by atomic mass is 10.1. The Labute approximate surface area is 159 Å². The van der Waals surface area contributed by atoms with Gasteiger partial charge >= 0.3 is 0 Å². The molecule has 2 aromatic carbocycles. The minimum absolute atomic E-state index is 0.00277. The van der Waals surface area contributed by atoms with Crippen molar-refractivity contribution in [2.24, 2.45) is 0 Å². The van der Waals surface area contributed by atoms with Gasteiger partial charge in [-0.2, -0.15) is 0 Å². The maximum Gasteiger partial charge on any atom is 0.255 e. The first-order chi connectivity index (χ1) is 12.6. The van der Waals surface area contributed by atoms with Crippen LogP contribution in [0.1, 0.15) is 35.7 Å². The Morgan fingerprint density at radius 1 is 1.04 bits per heavy atom. The molecule has 1 heterocycles. The molecule has 26 heavy (non-hydrogen) atoms. The van der Waals surface area contributed by atoms with Crippen LogP contribution in [0.25, 0.3) is 0 Å². The van der Waals surface area contributed by atoms with Crippen molar-refractivity contribution in [3.05, 3.63) is 65.7 Å². The van der Waals surface area contributed by atoms with Crippen molar-refractivity contribution in [2.45, 2.75) is 30.8 Å². The molecule has 2 amide bonds. The Morgan fingerprint density at radius 2 is 1.69 bits per heavy atom. The Balaban J connectivity index is 1.62. The molecular weight excluding hydrogens is 344 g/mol. The third kappa shape index (κ3) is 4.67. The van der Waals surface area contributed by atoms with Gasteiger partial charge in [0.15, 0.2) is 0 Å². The van der Waals surface area contributed by atoms with Gasteiger partial charge in [0, 0.05) is 18.8 Å². The van der Waals surface area contributed by atoms with Crippen LogP contribution in [0.2, 0.25) is 0 Å². The summed E-state index contributed by atoms with van der Waals surface area (Å²) in [4.78, 5) is 27.1. The number of hydrogen-bond donors (Lipinski definition) is 1. The van der Waals surface area contributed by atoms with Gasteiger partial charge in [-0.25, -0.2) is 0 Å². The molecule has 0 saturated carbocycles. The number of nitrogens with one attached hydrogen (secondary N) is 1. The molecule has 3 rings (SSSR count). The second-order valence-corrected chi connectivity index (χ2v) is 7.80. The molecule has 1 atom stereocenters. The van der Waals surface area contributed by atoms with E-state index >= 15 is 0 Å². The molecule has 136 valence electrons. The maximum atomic E-state index is 12.7. The van der Waals surface area contributed by atoms with Gasteiger partial charge in [-0.05, 0) is 37.5 Å². The highest BCUT2D eigenvalue weighted by Crippen LogP contribution is 2.23. The number of carbonyl (C=O) groups excluding carboxylic acids is 2. The van der Waals surface area contributed by atoms with Gasteiger partial charge in [-0.3, -0.25) is 9.59 Å². The normalized spacial score (nSPS) is 14.9. The number of carbonyl (C=O) groups is 2. The van der Waals surface area contributed by atoms with Crippen LogP contribution in [0.4, 0.5) is 5.69 Å². The second kappa shape index (κ2) is 8.90. The molecule has 1 N–H and O–H groups in total. The van der Waals surface area contributed by atoms with E-state index in [1.807, 2.05) is 42.2 Å². The lowest BCUT2D eigenvalue weighted by Crippen LogP contribution is -2.30. The number of likely N-dealkylation sites (tertiary alicyclic amines) is 1. The van der Waals surface area contributed by atoms with E-state index in [0.717, 1.165) is 31.7 Å². The van der Waals surface area contributed by atoms with Crippen LogP contribution in [0, 0.1) is 0 Å². The third-order valence-electron chi connectivity index (χ3n) is 4.52. The summed E-state index contributed by atoms with van der Waals surface area (Å²) in [6.45, 7) is 3.49. The van der Waals surface area contributed by atoms with Crippen LogP contribution >= 0.6 is 11.8 Å². The molecule has 1 aliphatic rings. The molecule has 0 radical (unpaired) electrons. The van der Waals surface area contributed by atoms with Crippen molar-refractivity contribution in [3.63, 3.8) is 0 Å². The molecule has 2 aromatic rings. The van der Waals surface area contributed by atoms with E-state index in [1.165, 1.54) is 5.56 Å². The van der Waals surface area contributed by atoms with Crippen LogP contribution in [0.5, 0.6) is 0 Å². The topological polar surface area (TPSA) is 49.4 Å². The van der Waals surface area contributed by atoms with Crippen molar-refractivity contribution >= 4 is 29.3 Å². The first-order valence-corrected chi connectivity index (χ1v) is 10.0. The Kier molecular flexibility index (Phi) is 6.34. The molecule has 5 heteroatoms. The zero-order valence-corrected chi connectivity index (χ0v) is 15.8. The first kappa shape index (κ1) is 18.5. The molecule has 0 spiro atoms. The van der Waals surface area contributed by atoms with Gasteiger partial charge in [-0.1, -0.05) is 42.5 Å². The van der Waals surface area contributed by atoms with Gasteiger partial charge in [0.1, 0.15) is 0 Å². The predicted octanol–water partition coefficient (Wildman–Crippen LogP) is 4.18. The van der Waals surface area contributed by atoms with E-state index in [-0.39, 0.29) is 17.1 Å². The highest BCUT2D eigenvalue weighted by Gasteiger charge is 2.23.